The molecule has 1 fully saturated rings. The molecule has 24 heavy (non-hydrogen) atoms. The van der Waals surface area contributed by atoms with Gasteiger partial charge in [-0.3, -0.25) is 4.79 Å². The Hall–Kier alpha value is -1.70. The molecule has 1 saturated carbocycles. The molecule has 0 aliphatic heterocycles. The predicted octanol–water partition coefficient (Wildman–Crippen LogP) is 5.36. The quantitative estimate of drug-likeness (QED) is 0.691. The second kappa shape index (κ2) is 5.98. The normalized spacial score (nSPS) is 22.7. The van der Waals surface area contributed by atoms with Gasteiger partial charge in [0.05, 0.1) is 16.3 Å². The maximum Gasteiger partial charge on any atom is 0.161 e. The SMILES string of the molecule is CC(C)=CC1C(C(=O)C(C#N)c2nc3cc(Cl)ccc3s2)C1(C)C. The number of Topliss-reactive ketones (excluding diaryl/α,β-unsaturated/α-hetero) is 1. The molecule has 3 nitrogen and oxygen atoms in total. The van der Waals surface area contributed by atoms with Gasteiger partial charge in [0.15, 0.2) is 11.7 Å². The van der Waals surface area contributed by atoms with Gasteiger partial charge in [0.25, 0.3) is 0 Å². The highest BCUT2D eigenvalue weighted by Crippen LogP contribution is 2.61. The number of nitrogens with zero attached hydrogens (tertiary/aromatic N) is 2. The van der Waals surface area contributed by atoms with Crippen LogP contribution < -0.4 is 0 Å². The van der Waals surface area contributed by atoms with Crippen LogP contribution in [-0.2, 0) is 4.79 Å². The Bertz CT molecular complexity index is 886. The van der Waals surface area contributed by atoms with E-state index in [1.165, 1.54) is 16.9 Å². The number of nitriles is 1. The fourth-order valence-corrected chi connectivity index (χ4v) is 4.52. The van der Waals surface area contributed by atoms with Crippen LogP contribution in [-0.4, -0.2) is 10.8 Å². The number of hydrogen-bond donors (Lipinski definition) is 0. The fraction of sp³-hybridized carbons (Fsp3) is 0.421. The Morgan fingerprint density at radius 2 is 2.17 bits per heavy atom. The summed E-state index contributed by atoms with van der Waals surface area (Å²) in [5, 5.41) is 10.8. The molecule has 3 rings (SSSR count). The molecule has 1 aromatic heterocycles. The van der Waals surface area contributed by atoms with Crippen molar-refractivity contribution in [3.63, 3.8) is 0 Å². The molecule has 0 N–H and O–H groups in total. The van der Waals surface area contributed by atoms with Crippen molar-refractivity contribution in [1.29, 1.82) is 5.26 Å². The van der Waals surface area contributed by atoms with Gasteiger partial charge in [0.2, 0.25) is 0 Å². The Morgan fingerprint density at radius 3 is 2.79 bits per heavy atom. The fourth-order valence-electron chi connectivity index (χ4n) is 3.35. The van der Waals surface area contributed by atoms with E-state index in [0.29, 0.717) is 10.0 Å². The number of allylic oxidation sites excluding steroid dienone is 2. The first kappa shape index (κ1) is 17.1. The standard InChI is InChI=1S/C19H19ClN2OS/c1-10(2)7-13-16(19(13,3)4)17(23)12(9-21)18-22-14-8-11(20)5-6-15(14)24-18/h5-8,12-13,16H,1-4H3. The van der Waals surface area contributed by atoms with Crippen molar-refractivity contribution in [2.45, 2.75) is 33.6 Å². The Labute approximate surface area is 151 Å². The van der Waals surface area contributed by atoms with Crippen LogP contribution in [0.2, 0.25) is 5.02 Å². The van der Waals surface area contributed by atoms with Crippen molar-refractivity contribution >= 4 is 38.9 Å². The van der Waals surface area contributed by atoms with Crippen LogP contribution in [0.3, 0.4) is 0 Å². The number of ketones is 1. The van der Waals surface area contributed by atoms with Crippen LogP contribution in [0.1, 0.15) is 38.6 Å². The van der Waals surface area contributed by atoms with E-state index in [0.717, 1.165) is 10.2 Å². The first-order valence-corrected chi connectivity index (χ1v) is 9.09. The summed E-state index contributed by atoms with van der Waals surface area (Å²) >= 11 is 7.39. The van der Waals surface area contributed by atoms with Gasteiger partial charge < -0.3 is 0 Å². The summed E-state index contributed by atoms with van der Waals surface area (Å²) in [6.45, 7) is 8.25. The average Bonchev–Trinajstić information content (AvgIpc) is 2.83. The van der Waals surface area contributed by atoms with E-state index in [4.69, 9.17) is 11.6 Å². The molecule has 0 radical (unpaired) electrons. The lowest BCUT2D eigenvalue weighted by atomic mass is 9.98. The van der Waals surface area contributed by atoms with E-state index in [1.54, 1.807) is 12.1 Å². The molecule has 0 spiro atoms. The van der Waals surface area contributed by atoms with E-state index in [9.17, 15) is 10.1 Å². The minimum Gasteiger partial charge on any atom is -0.297 e. The molecule has 1 aliphatic rings. The lowest BCUT2D eigenvalue weighted by Gasteiger charge is -2.05. The predicted molar refractivity (Wildman–Crippen MR) is 98.2 cm³/mol. The number of aromatic nitrogens is 1. The third kappa shape index (κ3) is 2.87. The van der Waals surface area contributed by atoms with E-state index >= 15 is 0 Å². The molecule has 5 heteroatoms. The van der Waals surface area contributed by atoms with E-state index in [1.807, 2.05) is 19.9 Å². The molecule has 1 heterocycles. The Morgan fingerprint density at radius 1 is 1.46 bits per heavy atom. The summed E-state index contributed by atoms with van der Waals surface area (Å²) in [5.41, 5.74) is 1.85. The molecule has 0 amide bonds. The number of thiazole rings is 1. The summed E-state index contributed by atoms with van der Waals surface area (Å²) in [5.74, 6) is -0.738. The first-order valence-electron chi connectivity index (χ1n) is 7.90. The van der Waals surface area contributed by atoms with E-state index < -0.39 is 5.92 Å². The van der Waals surface area contributed by atoms with Gasteiger partial charge in [-0.25, -0.2) is 4.98 Å². The van der Waals surface area contributed by atoms with Gasteiger partial charge in [0, 0.05) is 10.9 Å². The van der Waals surface area contributed by atoms with Gasteiger partial charge in [-0.05, 0) is 43.4 Å². The molecular weight excluding hydrogens is 340 g/mol. The smallest absolute Gasteiger partial charge is 0.161 e. The third-order valence-corrected chi connectivity index (χ3v) is 6.09. The van der Waals surface area contributed by atoms with Crippen LogP contribution >= 0.6 is 22.9 Å². The maximum absolute atomic E-state index is 13.0. The molecular formula is C19H19ClN2OS. The summed E-state index contributed by atoms with van der Waals surface area (Å²) in [6, 6.07) is 7.61. The zero-order valence-electron chi connectivity index (χ0n) is 14.1. The van der Waals surface area contributed by atoms with E-state index in [2.05, 4.69) is 31.0 Å². The number of halogens is 1. The van der Waals surface area contributed by atoms with Gasteiger partial charge in [0.1, 0.15) is 5.01 Å². The van der Waals surface area contributed by atoms with Gasteiger partial charge in [-0.1, -0.05) is 37.1 Å². The number of carbonyl (C=O) groups excluding carboxylic acids is 1. The molecule has 124 valence electrons. The summed E-state index contributed by atoms with van der Waals surface area (Å²) < 4.78 is 0.943. The lowest BCUT2D eigenvalue weighted by molar-refractivity contribution is -0.121. The molecule has 2 aromatic rings. The number of fused-ring (bicyclic) bond motifs is 1. The van der Waals surface area contributed by atoms with Crippen molar-refractivity contribution in [1.82, 2.24) is 4.98 Å². The van der Waals surface area contributed by atoms with Crippen LogP contribution in [0, 0.1) is 28.6 Å². The summed E-state index contributed by atoms with van der Waals surface area (Å²) in [6.07, 6.45) is 2.15. The zero-order valence-corrected chi connectivity index (χ0v) is 15.7. The molecule has 3 unspecified atom stereocenters. The number of hydrogen-bond acceptors (Lipinski definition) is 4. The maximum atomic E-state index is 13.0. The molecule has 0 bridgehead atoms. The second-order valence-electron chi connectivity index (χ2n) is 7.20. The van der Waals surface area contributed by atoms with E-state index in [-0.39, 0.29) is 23.0 Å². The minimum absolute atomic E-state index is 0.0184. The van der Waals surface area contributed by atoms with Crippen molar-refractivity contribution < 1.29 is 4.79 Å². The zero-order chi connectivity index (χ0) is 17.6. The van der Waals surface area contributed by atoms with Crippen LogP contribution in [0.25, 0.3) is 10.2 Å². The first-order chi connectivity index (χ1) is 11.3. The second-order valence-corrected chi connectivity index (χ2v) is 8.70. The van der Waals surface area contributed by atoms with Crippen molar-refractivity contribution in [3.05, 3.63) is 39.9 Å². The Balaban J connectivity index is 1.92. The van der Waals surface area contributed by atoms with Crippen LogP contribution in [0.4, 0.5) is 0 Å². The largest absolute Gasteiger partial charge is 0.297 e. The number of carbonyl (C=O) groups is 1. The molecule has 0 saturated heterocycles. The highest BCUT2D eigenvalue weighted by Gasteiger charge is 2.61. The molecule has 1 aromatic carbocycles. The molecule has 1 aliphatic carbocycles. The lowest BCUT2D eigenvalue weighted by Crippen LogP contribution is -2.15. The monoisotopic (exact) mass is 358 g/mol. The highest BCUT2D eigenvalue weighted by molar-refractivity contribution is 7.18. The van der Waals surface area contributed by atoms with Crippen molar-refractivity contribution in [2.75, 3.05) is 0 Å². The average molecular weight is 359 g/mol. The summed E-state index contributed by atoms with van der Waals surface area (Å²) in [4.78, 5) is 17.5. The van der Waals surface area contributed by atoms with Gasteiger partial charge in [-0.15, -0.1) is 11.3 Å². The number of rotatable bonds is 4. The Kier molecular flexibility index (Phi) is 4.27. The third-order valence-electron chi connectivity index (χ3n) is 4.76. The molecule has 3 atom stereocenters. The van der Waals surface area contributed by atoms with Crippen molar-refractivity contribution in [2.24, 2.45) is 17.3 Å². The topological polar surface area (TPSA) is 53.8 Å². The minimum atomic E-state index is -0.805. The van der Waals surface area contributed by atoms with Crippen LogP contribution in [0.5, 0.6) is 0 Å². The number of benzene rings is 1. The van der Waals surface area contributed by atoms with Crippen molar-refractivity contribution in [3.8, 4) is 6.07 Å². The van der Waals surface area contributed by atoms with Gasteiger partial charge >= 0.3 is 0 Å². The highest BCUT2D eigenvalue weighted by atomic mass is 35.5. The summed E-state index contributed by atoms with van der Waals surface area (Å²) in [7, 11) is 0. The van der Waals surface area contributed by atoms with Crippen LogP contribution in [0.15, 0.2) is 29.8 Å². The van der Waals surface area contributed by atoms with Gasteiger partial charge in [-0.2, -0.15) is 5.26 Å².